The Labute approximate surface area is 122 Å². The van der Waals surface area contributed by atoms with Crippen LogP contribution in [-0.4, -0.2) is 28.4 Å². The molecule has 0 aliphatic carbocycles. The largest absolute Gasteiger partial charge is 0.497 e. The van der Waals surface area contributed by atoms with E-state index in [-0.39, 0.29) is 6.61 Å². The van der Waals surface area contributed by atoms with Crippen molar-refractivity contribution in [2.24, 2.45) is 0 Å². The van der Waals surface area contributed by atoms with Crippen molar-refractivity contribution in [3.05, 3.63) is 41.6 Å². The summed E-state index contributed by atoms with van der Waals surface area (Å²) in [7, 11) is 1.63. The van der Waals surface area contributed by atoms with E-state index in [4.69, 9.17) is 9.47 Å². The highest BCUT2D eigenvalue weighted by molar-refractivity contribution is 7.98. The van der Waals surface area contributed by atoms with Gasteiger partial charge in [0.1, 0.15) is 12.4 Å². The summed E-state index contributed by atoms with van der Waals surface area (Å²) in [4.78, 5) is 8.36. The van der Waals surface area contributed by atoms with Gasteiger partial charge in [0.2, 0.25) is 5.88 Å². The van der Waals surface area contributed by atoms with Crippen LogP contribution in [-0.2, 0) is 13.2 Å². The molecule has 106 valence electrons. The zero-order valence-corrected chi connectivity index (χ0v) is 12.2. The maximum absolute atomic E-state index is 9.26. The predicted octanol–water partition coefficient (Wildman–Crippen LogP) is 2.28. The fourth-order valence-corrected chi connectivity index (χ4v) is 1.91. The molecule has 0 amide bonds. The Hall–Kier alpha value is -1.79. The Morgan fingerprint density at radius 1 is 1.25 bits per heavy atom. The highest BCUT2D eigenvalue weighted by Gasteiger charge is 2.08. The first-order valence-electron chi connectivity index (χ1n) is 6.03. The molecule has 0 radical (unpaired) electrons. The van der Waals surface area contributed by atoms with Gasteiger partial charge >= 0.3 is 0 Å². The van der Waals surface area contributed by atoms with Crippen LogP contribution in [0, 0.1) is 0 Å². The third-order valence-corrected chi connectivity index (χ3v) is 3.25. The van der Waals surface area contributed by atoms with E-state index in [0.717, 1.165) is 11.3 Å². The number of aliphatic hydroxyl groups is 1. The molecule has 2 rings (SSSR count). The van der Waals surface area contributed by atoms with Crippen LogP contribution in [0.3, 0.4) is 0 Å². The van der Waals surface area contributed by atoms with E-state index < -0.39 is 0 Å². The van der Waals surface area contributed by atoms with Gasteiger partial charge < -0.3 is 14.6 Å². The number of hydrogen-bond donors (Lipinski definition) is 1. The topological polar surface area (TPSA) is 64.5 Å². The lowest BCUT2D eigenvalue weighted by Crippen LogP contribution is -2.03. The van der Waals surface area contributed by atoms with Crippen molar-refractivity contribution in [1.82, 2.24) is 9.97 Å². The standard InChI is InChI=1S/C14H16N2O3S/c1-18-12-5-3-10(4-6-12)9-19-13-11(8-17)7-15-14(16-13)20-2/h3-7,17H,8-9H2,1-2H3. The first-order valence-corrected chi connectivity index (χ1v) is 7.25. The van der Waals surface area contributed by atoms with Crippen molar-refractivity contribution in [3.8, 4) is 11.6 Å². The molecule has 1 aromatic heterocycles. The highest BCUT2D eigenvalue weighted by atomic mass is 32.2. The van der Waals surface area contributed by atoms with Crippen LogP contribution in [0.4, 0.5) is 0 Å². The Morgan fingerprint density at radius 2 is 2.00 bits per heavy atom. The van der Waals surface area contributed by atoms with Gasteiger partial charge in [0.25, 0.3) is 0 Å². The lowest BCUT2D eigenvalue weighted by Gasteiger charge is -2.10. The Morgan fingerprint density at radius 3 is 2.60 bits per heavy atom. The molecule has 0 unspecified atom stereocenters. The van der Waals surface area contributed by atoms with E-state index in [1.54, 1.807) is 13.3 Å². The molecule has 20 heavy (non-hydrogen) atoms. The van der Waals surface area contributed by atoms with Crippen molar-refractivity contribution in [1.29, 1.82) is 0 Å². The second kappa shape index (κ2) is 7.12. The van der Waals surface area contributed by atoms with Gasteiger partial charge in [0.05, 0.1) is 19.3 Å². The second-order valence-corrected chi connectivity index (χ2v) is 4.76. The minimum Gasteiger partial charge on any atom is -0.497 e. The van der Waals surface area contributed by atoms with Crippen molar-refractivity contribution < 1.29 is 14.6 Å². The van der Waals surface area contributed by atoms with Gasteiger partial charge in [0, 0.05) is 6.20 Å². The van der Waals surface area contributed by atoms with Crippen LogP contribution in [0.1, 0.15) is 11.1 Å². The zero-order chi connectivity index (χ0) is 14.4. The summed E-state index contributed by atoms with van der Waals surface area (Å²) in [5, 5.41) is 9.88. The maximum atomic E-state index is 9.26. The molecule has 0 bridgehead atoms. The van der Waals surface area contributed by atoms with E-state index in [0.29, 0.717) is 23.2 Å². The maximum Gasteiger partial charge on any atom is 0.223 e. The van der Waals surface area contributed by atoms with Gasteiger partial charge in [-0.25, -0.2) is 4.98 Å². The van der Waals surface area contributed by atoms with Gasteiger partial charge in [-0.05, 0) is 24.0 Å². The molecule has 5 nitrogen and oxygen atoms in total. The quantitative estimate of drug-likeness (QED) is 0.651. The number of thioether (sulfide) groups is 1. The molecule has 0 aliphatic rings. The minimum absolute atomic E-state index is 0.146. The lowest BCUT2D eigenvalue weighted by atomic mass is 10.2. The molecular weight excluding hydrogens is 276 g/mol. The fraction of sp³-hybridized carbons (Fsp3) is 0.286. The molecular formula is C14H16N2O3S. The monoisotopic (exact) mass is 292 g/mol. The SMILES string of the molecule is COc1ccc(COc2nc(SC)ncc2CO)cc1. The van der Waals surface area contributed by atoms with Gasteiger partial charge in [0.15, 0.2) is 5.16 Å². The summed E-state index contributed by atoms with van der Waals surface area (Å²) < 4.78 is 10.8. The molecule has 0 saturated carbocycles. The first-order chi connectivity index (χ1) is 9.76. The van der Waals surface area contributed by atoms with Crippen LogP contribution in [0.2, 0.25) is 0 Å². The Bertz CT molecular complexity index is 561. The summed E-state index contributed by atoms with van der Waals surface area (Å²) in [6.45, 7) is 0.231. The summed E-state index contributed by atoms with van der Waals surface area (Å²) >= 11 is 1.43. The molecule has 1 heterocycles. The van der Waals surface area contributed by atoms with Crippen LogP contribution in [0.5, 0.6) is 11.6 Å². The molecule has 1 N–H and O–H groups in total. The van der Waals surface area contributed by atoms with E-state index in [1.807, 2.05) is 30.5 Å². The fourth-order valence-electron chi connectivity index (χ4n) is 1.58. The molecule has 6 heteroatoms. The number of hydrogen-bond acceptors (Lipinski definition) is 6. The molecule has 0 aliphatic heterocycles. The average molecular weight is 292 g/mol. The van der Waals surface area contributed by atoms with Crippen molar-refractivity contribution >= 4 is 11.8 Å². The third-order valence-electron chi connectivity index (χ3n) is 2.69. The number of methoxy groups -OCH3 is 1. The van der Waals surface area contributed by atoms with Crippen LogP contribution in [0.15, 0.2) is 35.6 Å². The van der Waals surface area contributed by atoms with E-state index in [9.17, 15) is 5.11 Å². The minimum atomic E-state index is -0.146. The second-order valence-electron chi connectivity index (χ2n) is 3.98. The Kier molecular flexibility index (Phi) is 5.20. The van der Waals surface area contributed by atoms with Crippen LogP contribution >= 0.6 is 11.8 Å². The highest BCUT2D eigenvalue weighted by Crippen LogP contribution is 2.20. The number of aromatic nitrogens is 2. The van der Waals surface area contributed by atoms with Gasteiger partial charge in [-0.2, -0.15) is 4.98 Å². The average Bonchev–Trinajstić information content (AvgIpc) is 2.53. The zero-order valence-electron chi connectivity index (χ0n) is 11.4. The summed E-state index contributed by atoms with van der Waals surface area (Å²) in [6.07, 6.45) is 3.48. The smallest absolute Gasteiger partial charge is 0.223 e. The summed E-state index contributed by atoms with van der Waals surface area (Å²) in [5.74, 6) is 1.22. The van der Waals surface area contributed by atoms with E-state index in [1.165, 1.54) is 11.8 Å². The number of aliphatic hydroxyl groups excluding tert-OH is 1. The normalized spacial score (nSPS) is 10.3. The molecule has 0 fully saturated rings. The molecule has 2 aromatic rings. The van der Waals surface area contributed by atoms with Crippen molar-refractivity contribution in [2.75, 3.05) is 13.4 Å². The summed E-state index contributed by atoms with van der Waals surface area (Å²) in [6, 6.07) is 7.60. The van der Waals surface area contributed by atoms with Gasteiger partial charge in [-0.1, -0.05) is 23.9 Å². The Balaban J connectivity index is 2.08. The van der Waals surface area contributed by atoms with Crippen molar-refractivity contribution in [2.45, 2.75) is 18.4 Å². The molecule has 1 aromatic carbocycles. The predicted molar refractivity (Wildman–Crippen MR) is 77.1 cm³/mol. The summed E-state index contributed by atoms with van der Waals surface area (Å²) in [5.41, 5.74) is 1.58. The number of ether oxygens (including phenoxy) is 2. The van der Waals surface area contributed by atoms with Gasteiger partial charge in [-0.15, -0.1) is 0 Å². The molecule has 0 spiro atoms. The third kappa shape index (κ3) is 3.61. The van der Waals surface area contributed by atoms with Crippen molar-refractivity contribution in [3.63, 3.8) is 0 Å². The lowest BCUT2D eigenvalue weighted by molar-refractivity contribution is 0.250. The molecule has 0 atom stereocenters. The number of benzene rings is 1. The van der Waals surface area contributed by atoms with E-state index >= 15 is 0 Å². The number of rotatable bonds is 6. The van der Waals surface area contributed by atoms with E-state index in [2.05, 4.69) is 9.97 Å². The van der Waals surface area contributed by atoms with Crippen LogP contribution in [0.25, 0.3) is 0 Å². The number of nitrogens with zero attached hydrogens (tertiary/aromatic N) is 2. The van der Waals surface area contributed by atoms with Crippen LogP contribution < -0.4 is 9.47 Å². The first kappa shape index (κ1) is 14.6. The molecule has 0 saturated heterocycles. The van der Waals surface area contributed by atoms with Gasteiger partial charge in [-0.3, -0.25) is 0 Å².